The van der Waals surface area contributed by atoms with Crippen molar-refractivity contribution in [3.05, 3.63) is 29.3 Å². The van der Waals surface area contributed by atoms with Crippen molar-refractivity contribution in [3.63, 3.8) is 0 Å². The molecule has 0 heterocycles. The van der Waals surface area contributed by atoms with Gasteiger partial charge in [0.1, 0.15) is 0 Å². The highest BCUT2D eigenvalue weighted by Crippen LogP contribution is 2.29. The van der Waals surface area contributed by atoms with Crippen molar-refractivity contribution >= 4 is 5.69 Å². The molecule has 0 aliphatic heterocycles. The van der Waals surface area contributed by atoms with E-state index in [0.29, 0.717) is 6.04 Å². The molecule has 1 heteroatoms. The summed E-state index contributed by atoms with van der Waals surface area (Å²) in [6.45, 7) is 6.69. The maximum Gasteiger partial charge on any atom is 0.0372 e. The Balaban J connectivity index is 2.10. The van der Waals surface area contributed by atoms with Gasteiger partial charge in [0.15, 0.2) is 0 Å². The van der Waals surface area contributed by atoms with Crippen molar-refractivity contribution in [2.45, 2.75) is 46.1 Å². The molecule has 82 valence electrons. The van der Waals surface area contributed by atoms with E-state index >= 15 is 0 Å². The molecule has 2 atom stereocenters. The summed E-state index contributed by atoms with van der Waals surface area (Å²) in [4.78, 5) is 0. The van der Waals surface area contributed by atoms with Crippen molar-refractivity contribution < 1.29 is 0 Å². The van der Waals surface area contributed by atoms with E-state index in [4.69, 9.17) is 0 Å². The van der Waals surface area contributed by atoms with Gasteiger partial charge in [0, 0.05) is 11.7 Å². The normalized spacial score (nSPS) is 25.5. The second-order valence-corrected chi connectivity index (χ2v) is 4.98. The summed E-state index contributed by atoms with van der Waals surface area (Å²) in [5, 5.41) is 3.69. The van der Waals surface area contributed by atoms with Gasteiger partial charge in [0.2, 0.25) is 0 Å². The third-order valence-corrected chi connectivity index (χ3v) is 3.58. The van der Waals surface area contributed by atoms with Crippen LogP contribution in [-0.2, 0) is 0 Å². The van der Waals surface area contributed by atoms with E-state index in [1.807, 2.05) is 0 Å². The summed E-state index contributed by atoms with van der Waals surface area (Å²) in [6.07, 6.45) is 4.08. The fourth-order valence-electron chi connectivity index (χ4n) is 2.54. The minimum Gasteiger partial charge on any atom is -0.382 e. The highest BCUT2D eigenvalue weighted by atomic mass is 14.9. The second kappa shape index (κ2) is 4.26. The van der Waals surface area contributed by atoms with Crippen LogP contribution in [0, 0.1) is 19.8 Å². The summed E-state index contributed by atoms with van der Waals surface area (Å²) < 4.78 is 0. The van der Waals surface area contributed by atoms with Gasteiger partial charge in [-0.3, -0.25) is 0 Å². The number of rotatable bonds is 2. The summed E-state index contributed by atoms with van der Waals surface area (Å²) in [5.41, 5.74) is 4.03. The smallest absolute Gasteiger partial charge is 0.0372 e. The monoisotopic (exact) mass is 203 g/mol. The summed E-state index contributed by atoms with van der Waals surface area (Å²) in [5.74, 6) is 0.825. The zero-order chi connectivity index (χ0) is 10.8. The molecule has 0 saturated heterocycles. The van der Waals surface area contributed by atoms with Crippen molar-refractivity contribution in [1.82, 2.24) is 0 Å². The Morgan fingerprint density at radius 1 is 1.20 bits per heavy atom. The third-order valence-electron chi connectivity index (χ3n) is 3.58. The van der Waals surface area contributed by atoms with E-state index in [1.165, 1.54) is 36.1 Å². The highest BCUT2D eigenvalue weighted by Gasteiger charge is 2.23. The molecule has 0 bridgehead atoms. The zero-order valence-electron chi connectivity index (χ0n) is 10.0. The molecular weight excluding hydrogens is 182 g/mol. The number of benzene rings is 1. The Labute approximate surface area is 92.9 Å². The second-order valence-electron chi connectivity index (χ2n) is 4.98. The van der Waals surface area contributed by atoms with Crippen LogP contribution in [0.25, 0.3) is 0 Å². The standard InChI is InChI=1S/C14H21N/c1-10-7-8-14(12(3)9-10)15-13-6-4-5-11(13)2/h7-9,11,13,15H,4-6H2,1-3H3. The fraction of sp³-hybridized carbons (Fsp3) is 0.571. The summed E-state index contributed by atoms with van der Waals surface area (Å²) >= 11 is 0. The minimum absolute atomic E-state index is 0.686. The molecular formula is C14H21N. The van der Waals surface area contributed by atoms with Crippen molar-refractivity contribution in [3.8, 4) is 0 Å². The van der Waals surface area contributed by atoms with Crippen LogP contribution in [0.2, 0.25) is 0 Å². The summed E-state index contributed by atoms with van der Waals surface area (Å²) in [6, 6.07) is 7.35. The van der Waals surface area contributed by atoms with E-state index in [1.54, 1.807) is 0 Å². The van der Waals surface area contributed by atoms with Crippen LogP contribution in [0.15, 0.2) is 18.2 Å². The Hall–Kier alpha value is -0.980. The lowest BCUT2D eigenvalue weighted by molar-refractivity contribution is 0.556. The predicted octanol–water partition coefficient (Wildman–Crippen LogP) is 3.90. The van der Waals surface area contributed by atoms with Gasteiger partial charge in [-0.05, 0) is 44.2 Å². The first-order valence-electron chi connectivity index (χ1n) is 6.00. The average Bonchev–Trinajstić information content (AvgIpc) is 2.57. The van der Waals surface area contributed by atoms with Crippen LogP contribution in [0.1, 0.15) is 37.3 Å². The molecule has 15 heavy (non-hydrogen) atoms. The molecule has 2 unspecified atom stereocenters. The van der Waals surface area contributed by atoms with Gasteiger partial charge in [0.05, 0.1) is 0 Å². The molecule has 1 nitrogen and oxygen atoms in total. The Bertz CT molecular complexity index is 343. The maximum absolute atomic E-state index is 3.69. The lowest BCUT2D eigenvalue weighted by atomic mass is 10.0. The predicted molar refractivity (Wildman–Crippen MR) is 66.3 cm³/mol. The Kier molecular flexibility index (Phi) is 2.99. The molecule has 0 spiro atoms. The zero-order valence-corrected chi connectivity index (χ0v) is 10.0. The van der Waals surface area contributed by atoms with Crippen LogP contribution in [-0.4, -0.2) is 6.04 Å². The number of aryl methyl sites for hydroxylation is 2. The first-order valence-corrected chi connectivity index (χ1v) is 6.00. The first kappa shape index (κ1) is 10.5. The van der Waals surface area contributed by atoms with Gasteiger partial charge >= 0.3 is 0 Å². The molecule has 1 saturated carbocycles. The average molecular weight is 203 g/mol. The molecule has 0 radical (unpaired) electrons. The molecule has 1 aromatic carbocycles. The molecule has 2 rings (SSSR count). The number of hydrogen-bond acceptors (Lipinski definition) is 1. The largest absolute Gasteiger partial charge is 0.382 e. The van der Waals surface area contributed by atoms with Crippen LogP contribution < -0.4 is 5.32 Å². The number of hydrogen-bond donors (Lipinski definition) is 1. The Morgan fingerprint density at radius 2 is 2.00 bits per heavy atom. The molecule has 1 aromatic rings. The molecule has 0 amide bonds. The molecule has 1 aliphatic carbocycles. The Morgan fingerprint density at radius 3 is 2.60 bits per heavy atom. The fourth-order valence-corrected chi connectivity index (χ4v) is 2.54. The van der Waals surface area contributed by atoms with Crippen molar-refractivity contribution in [2.75, 3.05) is 5.32 Å². The van der Waals surface area contributed by atoms with Gasteiger partial charge in [-0.25, -0.2) is 0 Å². The van der Waals surface area contributed by atoms with E-state index < -0.39 is 0 Å². The van der Waals surface area contributed by atoms with E-state index in [0.717, 1.165) is 5.92 Å². The maximum atomic E-state index is 3.69. The third kappa shape index (κ3) is 2.34. The van der Waals surface area contributed by atoms with E-state index in [-0.39, 0.29) is 0 Å². The topological polar surface area (TPSA) is 12.0 Å². The lowest BCUT2D eigenvalue weighted by Crippen LogP contribution is -2.22. The molecule has 1 N–H and O–H groups in total. The first-order chi connectivity index (χ1) is 7.16. The van der Waals surface area contributed by atoms with Gasteiger partial charge < -0.3 is 5.32 Å². The van der Waals surface area contributed by atoms with Crippen LogP contribution in [0.5, 0.6) is 0 Å². The van der Waals surface area contributed by atoms with Crippen LogP contribution in [0.3, 0.4) is 0 Å². The minimum atomic E-state index is 0.686. The number of anilines is 1. The van der Waals surface area contributed by atoms with Gasteiger partial charge in [-0.2, -0.15) is 0 Å². The molecule has 1 fully saturated rings. The van der Waals surface area contributed by atoms with Crippen molar-refractivity contribution in [1.29, 1.82) is 0 Å². The van der Waals surface area contributed by atoms with E-state index in [2.05, 4.69) is 44.3 Å². The van der Waals surface area contributed by atoms with Gasteiger partial charge in [0.25, 0.3) is 0 Å². The van der Waals surface area contributed by atoms with E-state index in [9.17, 15) is 0 Å². The van der Waals surface area contributed by atoms with Crippen molar-refractivity contribution in [2.24, 2.45) is 5.92 Å². The van der Waals surface area contributed by atoms with Gasteiger partial charge in [-0.1, -0.05) is 31.0 Å². The van der Waals surface area contributed by atoms with Gasteiger partial charge in [-0.15, -0.1) is 0 Å². The lowest BCUT2D eigenvalue weighted by Gasteiger charge is -2.20. The van der Waals surface area contributed by atoms with Crippen LogP contribution in [0.4, 0.5) is 5.69 Å². The quantitative estimate of drug-likeness (QED) is 0.768. The number of nitrogens with one attached hydrogen (secondary N) is 1. The molecule has 0 aromatic heterocycles. The SMILES string of the molecule is Cc1ccc(NC2CCCC2C)c(C)c1. The summed E-state index contributed by atoms with van der Waals surface area (Å²) in [7, 11) is 0. The van der Waals surface area contributed by atoms with Crippen LogP contribution >= 0.6 is 0 Å². The highest BCUT2D eigenvalue weighted by molar-refractivity contribution is 5.52. The molecule has 1 aliphatic rings.